The first-order valence-corrected chi connectivity index (χ1v) is 5.97. The second kappa shape index (κ2) is 4.63. The highest BCUT2D eigenvalue weighted by Crippen LogP contribution is 2.54. The average Bonchev–Trinajstić information content (AvgIpc) is 2.71. The lowest BCUT2D eigenvalue weighted by atomic mass is 9.92. The molecule has 14 heavy (non-hydrogen) atoms. The molecule has 0 aromatic rings. The Balaban J connectivity index is 2.33. The Labute approximate surface area is 88.6 Å². The van der Waals surface area contributed by atoms with Gasteiger partial charge < -0.3 is 0 Å². The summed E-state index contributed by atoms with van der Waals surface area (Å²) in [5.74, 6) is 7.23. The van der Waals surface area contributed by atoms with E-state index in [0.29, 0.717) is 11.5 Å². The van der Waals surface area contributed by atoms with Crippen molar-refractivity contribution in [3.05, 3.63) is 0 Å². The summed E-state index contributed by atoms with van der Waals surface area (Å²) in [4.78, 5) is 0. The lowest BCUT2D eigenvalue weighted by Gasteiger charge is -2.21. The molecule has 0 aromatic carbocycles. The Morgan fingerprint density at radius 3 is 2.43 bits per heavy atom. The van der Waals surface area contributed by atoms with Crippen LogP contribution < -0.4 is 11.3 Å². The number of hydrazine groups is 1. The topological polar surface area (TPSA) is 38.0 Å². The van der Waals surface area contributed by atoms with E-state index in [1.54, 1.807) is 0 Å². The van der Waals surface area contributed by atoms with Gasteiger partial charge in [0.05, 0.1) is 0 Å². The van der Waals surface area contributed by atoms with Crippen LogP contribution in [0, 0.1) is 17.3 Å². The molecule has 3 unspecified atom stereocenters. The summed E-state index contributed by atoms with van der Waals surface area (Å²) in [5.41, 5.74) is 3.54. The fraction of sp³-hybridized carbons (Fsp3) is 1.00. The molecule has 0 aromatic heterocycles. The van der Waals surface area contributed by atoms with Crippen LogP contribution in [0.2, 0.25) is 0 Å². The van der Waals surface area contributed by atoms with E-state index >= 15 is 0 Å². The summed E-state index contributed by atoms with van der Waals surface area (Å²) < 4.78 is 0. The quantitative estimate of drug-likeness (QED) is 0.509. The third-order valence-corrected chi connectivity index (χ3v) is 3.73. The Morgan fingerprint density at radius 2 is 2.07 bits per heavy atom. The van der Waals surface area contributed by atoms with Crippen molar-refractivity contribution in [3.8, 4) is 0 Å². The standard InChI is InChI=1S/C12H26N2/c1-5-6-9(2)7-11(14-13)10-8-12(10,3)4/h9-11,14H,5-8,13H2,1-4H3. The highest BCUT2D eigenvalue weighted by molar-refractivity contribution is 5.01. The van der Waals surface area contributed by atoms with E-state index in [0.717, 1.165) is 11.8 Å². The zero-order valence-corrected chi connectivity index (χ0v) is 10.1. The summed E-state index contributed by atoms with van der Waals surface area (Å²) in [7, 11) is 0. The van der Waals surface area contributed by atoms with Gasteiger partial charge in [-0.05, 0) is 30.1 Å². The molecule has 0 heterocycles. The highest BCUT2D eigenvalue weighted by atomic mass is 15.2. The molecule has 0 saturated heterocycles. The van der Waals surface area contributed by atoms with Crippen molar-refractivity contribution in [2.75, 3.05) is 0 Å². The summed E-state index contributed by atoms with van der Waals surface area (Å²) in [6.45, 7) is 9.27. The van der Waals surface area contributed by atoms with Gasteiger partial charge in [0, 0.05) is 6.04 Å². The lowest BCUT2D eigenvalue weighted by Crippen LogP contribution is -2.39. The van der Waals surface area contributed by atoms with Crippen molar-refractivity contribution in [1.29, 1.82) is 0 Å². The molecule has 0 amide bonds. The number of hydrogen-bond donors (Lipinski definition) is 2. The second-order valence-corrected chi connectivity index (χ2v) is 5.70. The van der Waals surface area contributed by atoms with Crippen LogP contribution in [0.3, 0.4) is 0 Å². The van der Waals surface area contributed by atoms with Crippen molar-refractivity contribution in [2.45, 2.75) is 59.4 Å². The third-order valence-electron chi connectivity index (χ3n) is 3.73. The molecule has 0 spiro atoms. The Hall–Kier alpha value is -0.0800. The maximum Gasteiger partial charge on any atom is 0.0246 e. The molecule has 3 N–H and O–H groups in total. The zero-order valence-electron chi connectivity index (χ0n) is 10.1. The highest BCUT2D eigenvalue weighted by Gasteiger charge is 2.49. The number of hydrogen-bond acceptors (Lipinski definition) is 2. The predicted octanol–water partition coefficient (Wildman–Crippen LogP) is 2.69. The van der Waals surface area contributed by atoms with Gasteiger partial charge in [0.15, 0.2) is 0 Å². The summed E-state index contributed by atoms with van der Waals surface area (Å²) in [6, 6.07) is 0.534. The second-order valence-electron chi connectivity index (χ2n) is 5.70. The van der Waals surface area contributed by atoms with Crippen LogP contribution in [0.5, 0.6) is 0 Å². The molecule has 0 radical (unpaired) electrons. The van der Waals surface area contributed by atoms with Gasteiger partial charge in [-0.15, -0.1) is 0 Å². The molecule has 1 aliphatic carbocycles. The third kappa shape index (κ3) is 2.96. The fourth-order valence-electron chi connectivity index (χ4n) is 2.59. The first-order chi connectivity index (χ1) is 6.51. The van der Waals surface area contributed by atoms with Gasteiger partial charge in [0.25, 0.3) is 0 Å². The molecule has 0 aliphatic heterocycles. The summed E-state index contributed by atoms with van der Waals surface area (Å²) >= 11 is 0. The van der Waals surface area contributed by atoms with Crippen LogP contribution in [0.15, 0.2) is 0 Å². The van der Waals surface area contributed by atoms with Crippen molar-refractivity contribution in [2.24, 2.45) is 23.1 Å². The molecule has 1 rings (SSSR count). The maximum atomic E-state index is 5.63. The van der Waals surface area contributed by atoms with Crippen LogP contribution in [-0.4, -0.2) is 6.04 Å². The largest absolute Gasteiger partial charge is 0.271 e. The summed E-state index contributed by atoms with van der Waals surface area (Å²) in [6.07, 6.45) is 5.18. The van der Waals surface area contributed by atoms with Crippen molar-refractivity contribution in [3.63, 3.8) is 0 Å². The Morgan fingerprint density at radius 1 is 1.50 bits per heavy atom. The molecule has 84 valence electrons. The van der Waals surface area contributed by atoms with Gasteiger partial charge in [-0.3, -0.25) is 11.3 Å². The monoisotopic (exact) mass is 198 g/mol. The molecule has 2 nitrogen and oxygen atoms in total. The van der Waals surface area contributed by atoms with Gasteiger partial charge in [-0.2, -0.15) is 0 Å². The van der Waals surface area contributed by atoms with Crippen LogP contribution in [0.25, 0.3) is 0 Å². The molecule has 1 fully saturated rings. The van der Waals surface area contributed by atoms with Gasteiger partial charge in [0.2, 0.25) is 0 Å². The van der Waals surface area contributed by atoms with Gasteiger partial charge >= 0.3 is 0 Å². The number of nitrogens with two attached hydrogens (primary N) is 1. The lowest BCUT2D eigenvalue weighted by molar-refractivity contribution is 0.331. The van der Waals surface area contributed by atoms with Gasteiger partial charge in [-0.1, -0.05) is 40.5 Å². The van der Waals surface area contributed by atoms with E-state index in [1.165, 1.54) is 25.7 Å². The molecule has 1 aliphatic rings. The summed E-state index contributed by atoms with van der Waals surface area (Å²) in [5, 5.41) is 0. The first-order valence-electron chi connectivity index (χ1n) is 5.97. The number of rotatable bonds is 6. The van der Waals surface area contributed by atoms with Crippen LogP contribution >= 0.6 is 0 Å². The number of nitrogens with one attached hydrogen (secondary N) is 1. The van der Waals surface area contributed by atoms with Gasteiger partial charge in [-0.25, -0.2) is 0 Å². The average molecular weight is 198 g/mol. The molecule has 0 bridgehead atoms. The van der Waals surface area contributed by atoms with Crippen molar-refractivity contribution < 1.29 is 0 Å². The molecular formula is C12H26N2. The minimum atomic E-state index is 0.531. The molecular weight excluding hydrogens is 172 g/mol. The van der Waals surface area contributed by atoms with E-state index in [2.05, 4.69) is 33.1 Å². The SMILES string of the molecule is CCCC(C)CC(NN)C1CC1(C)C. The van der Waals surface area contributed by atoms with Gasteiger partial charge in [0.1, 0.15) is 0 Å². The van der Waals surface area contributed by atoms with E-state index in [9.17, 15) is 0 Å². The Kier molecular flexibility index (Phi) is 3.96. The van der Waals surface area contributed by atoms with Crippen LogP contribution in [0.1, 0.15) is 53.4 Å². The molecule has 1 saturated carbocycles. The van der Waals surface area contributed by atoms with E-state index < -0.39 is 0 Å². The zero-order chi connectivity index (χ0) is 10.8. The Bertz CT molecular complexity index is 177. The normalized spacial score (nSPS) is 28.5. The van der Waals surface area contributed by atoms with E-state index in [1.807, 2.05) is 0 Å². The minimum Gasteiger partial charge on any atom is -0.271 e. The van der Waals surface area contributed by atoms with Crippen LogP contribution in [-0.2, 0) is 0 Å². The maximum absolute atomic E-state index is 5.63. The van der Waals surface area contributed by atoms with Crippen molar-refractivity contribution in [1.82, 2.24) is 5.43 Å². The minimum absolute atomic E-state index is 0.531. The first kappa shape index (κ1) is 12.0. The molecule has 3 atom stereocenters. The predicted molar refractivity (Wildman–Crippen MR) is 61.7 cm³/mol. The van der Waals surface area contributed by atoms with Crippen LogP contribution in [0.4, 0.5) is 0 Å². The fourth-order valence-corrected chi connectivity index (χ4v) is 2.59. The van der Waals surface area contributed by atoms with E-state index in [4.69, 9.17) is 5.84 Å². The van der Waals surface area contributed by atoms with Crippen molar-refractivity contribution >= 4 is 0 Å². The molecule has 2 heteroatoms. The smallest absolute Gasteiger partial charge is 0.0246 e. The van der Waals surface area contributed by atoms with E-state index in [-0.39, 0.29) is 0 Å².